The third kappa shape index (κ3) is 4.06. The summed E-state index contributed by atoms with van der Waals surface area (Å²) in [6.45, 7) is 0.341. The van der Waals surface area contributed by atoms with Gasteiger partial charge in [-0.3, -0.25) is 0 Å². The van der Waals surface area contributed by atoms with Gasteiger partial charge in [-0.25, -0.2) is 16.8 Å². The van der Waals surface area contributed by atoms with Gasteiger partial charge < -0.3 is 4.74 Å². The number of piperidine rings is 1. The molecule has 0 radical (unpaired) electrons. The number of methoxy groups -OCH3 is 1. The molecule has 0 N–H and O–H groups in total. The average molecular weight is 474 g/mol. The zero-order valence-electron chi connectivity index (χ0n) is 14.7. The van der Waals surface area contributed by atoms with E-state index >= 15 is 0 Å². The molecule has 0 amide bonds. The number of sulfone groups is 1. The van der Waals surface area contributed by atoms with Crippen LogP contribution in [0.25, 0.3) is 0 Å². The number of sulfonamides is 1. The molecule has 3 rings (SSSR count). The van der Waals surface area contributed by atoms with E-state index in [-0.39, 0.29) is 35.7 Å². The van der Waals surface area contributed by atoms with Gasteiger partial charge in [0.25, 0.3) is 0 Å². The maximum Gasteiger partial charge on any atom is 0.244 e. The first-order valence-corrected chi connectivity index (χ1v) is 12.2. The summed E-state index contributed by atoms with van der Waals surface area (Å²) in [6.07, 6.45) is 0.524. The highest BCUT2D eigenvalue weighted by Crippen LogP contribution is 2.30. The molecule has 1 fully saturated rings. The van der Waals surface area contributed by atoms with Crippen LogP contribution in [0, 0.1) is 0 Å². The fourth-order valence-electron chi connectivity index (χ4n) is 3.13. The smallest absolute Gasteiger partial charge is 0.244 e. The van der Waals surface area contributed by atoms with Gasteiger partial charge >= 0.3 is 0 Å². The van der Waals surface area contributed by atoms with Gasteiger partial charge in [0.2, 0.25) is 10.0 Å². The molecule has 1 aliphatic rings. The van der Waals surface area contributed by atoms with E-state index in [1.54, 1.807) is 36.4 Å². The van der Waals surface area contributed by atoms with Crippen LogP contribution >= 0.6 is 15.9 Å². The standard InChI is InChI=1S/C18H20BrNO5S2/c1-25-14-6-8-15(9-7-14)26(21,22)16-10-12-20(13-11-16)27(23,24)18-5-3-2-4-17(18)19/h2-9,16H,10-13H2,1H3. The first kappa shape index (κ1) is 20.3. The number of nitrogens with zero attached hydrogens (tertiary/aromatic N) is 1. The van der Waals surface area contributed by atoms with Crippen molar-refractivity contribution in [2.45, 2.75) is 27.9 Å². The van der Waals surface area contributed by atoms with Gasteiger partial charge in [-0.05, 0) is 65.2 Å². The molecular weight excluding hydrogens is 454 g/mol. The molecule has 1 saturated heterocycles. The molecule has 6 nitrogen and oxygen atoms in total. The Morgan fingerprint density at radius 1 is 0.963 bits per heavy atom. The molecule has 0 bridgehead atoms. The summed E-state index contributed by atoms with van der Waals surface area (Å²) < 4.78 is 58.3. The Hall–Kier alpha value is -1.42. The van der Waals surface area contributed by atoms with Gasteiger partial charge in [0.05, 0.1) is 22.2 Å². The minimum Gasteiger partial charge on any atom is -0.497 e. The second kappa shape index (κ2) is 7.90. The van der Waals surface area contributed by atoms with Crippen molar-refractivity contribution in [2.75, 3.05) is 20.2 Å². The Balaban J connectivity index is 1.75. The summed E-state index contributed by atoms with van der Waals surface area (Å²) in [5.74, 6) is 0.586. The molecule has 0 atom stereocenters. The molecule has 0 saturated carbocycles. The zero-order chi connectivity index (χ0) is 19.7. The summed E-state index contributed by atoms with van der Waals surface area (Å²) in [5.41, 5.74) is 0. The van der Waals surface area contributed by atoms with E-state index in [0.717, 1.165) is 0 Å². The molecule has 1 heterocycles. The predicted molar refractivity (Wildman–Crippen MR) is 106 cm³/mol. The van der Waals surface area contributed by atoms with Gasteiger partial charge in [-0.15, -0.1) is 0 Å². The van der Waals surface area contributed by atoms with Gasteiger partial charge in [0, 0.05) is 17.6 Å². The van der Waals surface area contributed by atoms with Crippen molar-refractivity contribution >= 4 is 35.8 Å². The fourth-order valence-corrected chi connectivity index (χ4v) is 7.30. The van der Waals surface area contributed by atoms with E-state index in [2.05, 4.69) is 15.9 Å². The lowest BCUT2D eigenvalue weighted by atomic mass is 10.2. The molecule has 146 valence electrons. The van der Waals surface area contributed by atoms with Crippen LogP contribution in [0.1, 0.15) is 12.8 Å². The van der Waals surface area contributed by atoms with E-state index in [1.165, 1.54) is 23.5 Å². The molecule has 0 aliphatic carbocycles. The van der Waals surface area contributed by atoms with Crippen LogP contribution in [0.2, 0.25) is 0 Å². The summed E-state index contributed by atoms with van der Waals surface area (Å²) >= 11 is 3.27. The van der Waals surface area contributed by atoms with E-state index in [4.69, 9.17) is 4.74 Å². The predicted octanol–water partition coefficient (Wildman–Crippen LogP) is 3.08. The van der Waals surface area contributed by atoms with Crippen molar-refractivity contribution < 1.29 is 21.6 Å². The summed E-state index contributed by atoms with van der Waals surface area (Å²) in [5, 5.41) is -0.600. The Labute approximate surface area is 168 Å². The van der Waals surface area contributed by atoms with Gasteiger partial charge in [-0.2, -0.15) is 4.31 Å². The Morgan fingerprint density at radius 3 is 2.11 bits per heavy atom. The Bertz CT molecular complexity index is 1010. The van der Waals surface area contributed by atoms with E-state index < -0.39 is 25.1 Å². The van der Waals surface area contributed by atoms with Crippen molar-refractivity contribution in [3.8, 4) is 5.75 Å². The average Bonchev–Trinajstić information content (AvgIpc) is 2.68. The molecule has 9 heteroatoms. The second-order valence-corrected chi connectivity index (χ2v) is 11.2. The Morgan fingerprint density at radius 2 is 1.56 bits per heavy atom. The van der Waals surface area contributed by atoms with Crippen LogP contribution in [0.4, 0.5) is 0 Å². The minimum atomic E-state index is -3.66. The van der Waals surface area contributed by atoms with Gasteiger partial charge in [0.1, 0.15) is 5.75 Å². The molecular formula is C18H20BrNO5S2. The normalized spacial score (nSPS) is 17.0. The van der Waals surface area contributed by atoms with E-state index in [9.17, 15) is 16.8 Å². The molecule has 0 spiro atoms. The molecule has 2 aromatic carbocycles. The summed E-state index contributed by atoms with van der Waals surface area (Å²) in [4.78, 5) is 0.428. The van der Waals surface area contributed by atoms with Crippen LogP contribution in [0.15, 0.2) is 62.8 Å². The molecule has 0 aromatic heterocycles. The van der Waals surface area contributed by atoms with Crippen LogP contribution < -0.4 is 4.74 Å². The van der Waals surface area contributed by atoms with E-state index in [1.807, 2.05) is 0 Å². The van der Waals surface area contributed by atoms with Crippen LogP contribution in [-0.2, 0) is 19.9 Å². The van der Waals surface area contributed by atoms with E-state index in [0.29, 0.717) is 10.2 Å². The van der Waals surface area contributed by atoms with Crippen molar-refractivity contribution in [1.82, 2.24) is 4.31 Å². The van der Waals surface area contributed by atoms with Crippen molar-refractivity contribution in [1.29, 1.82) is 0 Å². The minimum absolute atomic E-state index is 0.170. The quantitative estimate of drug-likeness (QED) is 0.666. The lowest BCUT2D eigenvalue weighted by Gasteiger charge is -2.31. The van der Waals surface area contributed by atoms with Crippen molar-refractivity contribution in [3.63, 3.8) is 0 Å². The lowest BCUT2D eigenvalue weighted by Crippen LogP contribution is -2.42. The number of hydrogen-bond donors (Lipinski definition) is 0. The fraction of sp³-hybridized carbons (Fsp3) is 0.333. The Kier molecular flexibility index (Phi) is 5.95. The number of halogens is 1. The van der Waals surface area contributed by atoms with Crippen LogP contribution in [0.3, 0.4) is 0 Å². The molecule has 1 aliphatic heterocycles. The maximum atomic E-state index is 12.9. The molecule has 27 heavy (non-hydrogen) atoms. The third-order valence-corrected chi connectivity index (χ3v) is 9.87. The highest BCUT2D eigenvalue weighted by Gasteiger charge is 2.36. The topological polar surface area (TPSA) is 80.8 Å². The highest BCUT2D eigenvalue weighted by atomic mass is 79.9. The highest BCUT2D eigenvalue weighted by molar-refractivity contribution is 9.10. The number of ether oxygens (including phenoxy) is 1. The van der Waals surface area contributed by atoms with Crippen molar-refractivity contribution in [2.24, 2.45) is 0 Å². The SMILES string of the molecule is COc1ccc(S(=O)(=O)C2CCN(S(=O)(=O)c3ccccc3Br)CC2)cc1. The van der Waals surface area contributed by atoms with Gasteiger partial charge in [0.15, 0.2) is 9.84 Å². The van der Waals surface area contributed by atoms with Crippen molar-refractivity contribution in [3.05, 3.63) is 53.0 Å². The second-order valence-electron chi connectivity index (χ2n) is 6.25. The number of benzene rings is 2. The van der Waals surface area contributed by atoms with Crippen LogP contribution in [0.5, 0.6) is 5.75 Å². The number of hydrogen-bond acceptors (Lipinski definition) is 5. The number of rotatable bonds is 5. The zero-order valence-corrected chi connectivity index (χ0v) is 17.9. The monoisotopic (exact) mass is 473 g/mol. The lowest BCUT2D eigenvalue weighted by molar-refractivity contribution is 0.345. The first-order chi connectivity index (χ1) is 12.8. The summed E-state index contributed by atoms with van der Waals surface area (Å²) in [7, 11) is -5.66. The maximum absolute atomic E-state index is 12.9. The largest absolute Gasteiger partial charge is 0.497 e. The summed E-state index contributed by atoms with van der Waals surface area (Å²) in [6, 6.07) is 12.9. The van der Waals surface area contributed by atoms with Crippen LogP contribution in [-0.4, -0.2) is 46.6 Å². The first-order valence-electron chi connectivity index (χ1n) is 8.39. The molecule has 2 aromatic rings. The third-order valence-electron chi connectivity index (χ3n) is 4.68. The molecule has 0 unspecified atom stereocenters. The van der Waals surface area contributed by atoms with Gasteiger partial charge in [-0.1, -0.05) is 12.1 Å².